The molecule has 1 aliphatic heterocycles. The summed E-state index contributed by atoms with van der Waals surface area (Å²) in [5, 5.41) is 11.8. The summed E-state index contributed by atoms with van der Waals surface area (Å²) in [4.78, 5) is 37.6. The van der Waals surface area contributed by atoms with Crippen LogP contribution in [0.4, 0.5) is 4.79 Å². The minimum absolute atomic E-state index is 0.161. The fourth-order valence-electron chi connectivity index (χ4n) is 3.27. The first-order valence-electron chi connectivity index (χ1n) is 9.33. The minimum Gasteiger partial charge on any atom is -0.478 e. The highest BCUT2D eigenvalue weighted by atomic mass is 16.4. The van der Waals surface area contributed by atoms with Gasteiger partial charge in [0.15, 0.2) is 0 Å². The van der Waals surface area contributed by atoms with Crippen molar-refractivity contribution in [3.63, 3.8) is 0 Å². The molecule has 0 aliphatic carbocycles. The number of carbonyl (C=O) groups excluding carboxylic acids is 2. The zero-order valence-electron chi connectivity index (χ0n) is 16.2. The third-order valence-electron chi connectivity index (χ3n) is 4.87. The number of carbonyl (C=O) groups is 3. The molecule has 1 fully saturated rings. The van der Waals surface area contributed by atoms with E-state index < -0.39 is 17.9 Å². The average Bonchev–Trinajstić information content (AvgIpc) is 3.30. The molecular weight excluding hydrogens is 382 g/mol. The molecule has 150 valence electrons. The quantitative estimate of drug-likeness (QED) is 0.505. The van der Waals surface area contributed by atoms with Crippen LogP contribution in [0.1, 0.15) is 27.2 Å². The molecule has 0 radical (unpaired) electrons. The summed E-state index contributed by atoms with van der Waals surface area (Å²) in [6.45, 7) is 2.16. The van der Waals surface area contributed by atoms with Crippen LogP contribution in [-0.4, -0.2) is 32.5 Å². The van der Waals surface area contributed by atoms with Crippen molar-refractivity contribution in [2.75, 3.05) is 0 Å². The van der Waals surface area contributed by atoms with Crippen LogP contribution in [0.5, 0.6) is 0 Å². The van der Waals surface area contributed by atoms with E-state index in [0.29, 0.717) is 11.4 Å². The molecule has 0 saturated carbocycles. The summed E-state index contributed by atoms with van der Waals surface area (Å²) in [6, 6.07) is 17.2. The van der Waals surface area contributed by atoms with Crippen molar-refractivity contribution >= 4 is 24.0 Å². The first kappa shape index (κ1) is 19.2. The summed E-state index contributed by atoms with van der Waals surface area (Å²) in [6.07, 6.45) is 3.35. The van der Waals surface area contributed by atoms with Gasteiger partial charge < -0.3 is 15.0 Å². The number of carboxylic acids is 1. The first-order chi connectivity index (χ1) is 14.4. The van der Waals surface area contributed by atoms with Gasteiger partial charge in [0.05, 0.1) is 12.1 Å². The molecule has 0 spiro atoms. The number of rotatable bonds is 5. The van der Waals surface area contributed by atoms with Crippen LogP contribution < -0.4 is 5.32 Å². The second-order valence-electron chi connectivity index (χ2n) is 7.02. The topological polar surface area (TPSA) is 91.6 Å². The van der Waals surface area contributed by atoms with E-state index in [1.807, 2.05) is 31.2 Å². The molecule has 1 saturated heterocycles. The molecule has 30 heavy (non-hydrogen) atoms. The molecule has 0 atom stereocenters. The third kappa shape index (κ3) is 3.73. The number of carboxylic acid groups (broad SMARTS) is 1. The van der Waals surface area contributed by atoms with Crippen molar-refractivity contribution in [3.05, 3.63) is 94.9 Å². The second-order valence-corrected chi connectivity index (χ2v) is 7.02. The van der Waals surface area contributed by atoms with Crippen LogP contribution in [0.25, 0.3) is 11.8 Å². The number of urea groups is 1. The summed E-state index contributed by atoms with van der Waals surface area (Å²) < 4.78 is 1.75. The Morgan fingerprint density at radius 3 is 2.57 bits per heavy atom. The smallest absolute Gasteiger partial charge is 0.335 e. The lowest BCUT2D eigenvalue weighted by Gasteiger charge is -2.12. The number of amides is 3. The zero-order chi connectivity index (χ0) is 21.3. The first-order valence-corrected chi connectivity index (χ1v) is 9.33. The number of aromatic carboxylic acids is 1. The van der Waals surface area contributed by atoms with E-state index in [-0.39, 0.29) is 17.8 Å². The van der Waals surface area contributed by atoms with Gasteiger partial charge >= 0.3 is 12.0 Å². The van der Waals surface area contributed by atoms with Crippen molar-refractivity contribution in [2.24, 2.45) is 0 Å². The number of aromatic nitrogens is 1. The van der Waals surface area contributed by atoms with Crippen molar-refractivity contribution in [3.8, 4) is 5.69 Å². The lowest BCUT2D eigenvalue weighted by molar-refractivity contribution is -0.123. The number of imide groups is 1. The van der Waals surface area contributed by atoms with E-state index in [1.165, 1.54) is 6.07 Å². The van der Waals surface area contributed by atoms with E-state index in [4.69, 9.17) is 0 Å². The van der Waals surface area contributed by atoms with Gasteiger partial charge in [0, 0.05) is 17.6 Å². The van der Waals surface area contributed by atoms with E-state index in [0.717, 1.165) is 16.0 Å². The normalized spacial score (nSPS) is 15.0. The molecule has 3 aromatic rings. The molecular formula is C23H19N3O4. The molecule has 2 heterocycles. The summed E-state index contributed by atoms with van der Waals surface area (Å²) in [5.41, 5.74) is 3.57. The highest BCUT2D eigenvalue weighted by molar-refractivity contribution is 6.13. The molecule has 0 unspecified atom stereocenters. The molecule has 7 nitrogen and oxygen atoms in total. The Balaban J connectivity index is 1.60. The molecule has 1 aromatic heterocycles. The lowest BCUT2D eigenvalue weighted by Crippen LogP contribution is -2.30. The van der Waals surface area contributed by atoms with Crippen LogP contribution in [0.2, 0.25) is 0 Å². The van der Waals surface area contributed by atoms with E-state index in [9.17, 15) is 19.5 Å². The Hall–Kier alpha value is -4.13. The van der Waals surface area contributed by atoms with Crippen LogP contribution in [0.15, 0.2) is 72.6 Å². The maximum absolute atomic E-state index is 12.8. The number of nitrogens with zero attached hydrogens (tertiary/aromatic N) is 2. The van der Waals surface area contributed by atoms with Gasteiger partial charge in [-0.05, 0) is 48.9 Å². The van der Waals surface area contributed by atoms with E-state index >= 15 is 0 Å². The van der Waals surface area contributed by atoms with E-state index in [1.54, 1.807) is 47.2 Å². The third-order valence-corrected chi connectivity index (χ3v) is 4.87. The minimum atomic E-state index is -1.02. The Bertz CT molecular complexity index is 1180. The SMILES string of the molecule is Cc1ccc(CN2C(=O)NC(=Cc3cccn3-c3cccc(C(=O)O)c3)C2=O)cc1. The molecule has 2 N–H and O–H groups in total. The largest absolute Gasteiger partial charge is 0.478 e. The monoisotopic (exact) mass is 401 g/mol. The summed E-state index contributed by atoms with van der Waals surface area (Å²) in [7, 11) is 0. The van der Waals surface area contributed by atoms with Crippen molar-refractivity contribution < 1.29 is 19.5 Å². The lowest BCUT2D eigenvalue weighted by atomic mass is 10.1. The van der Waals surface area contributed by atoms with Crippen LogP contribution in [0.3, 0.4) is 0 Å². The van der Waals surface area contributed by atoms with Gasteiger partial charge in [-0.2, -0.15) is 0 Å². The predicted octanol–water partition coefficient (Wildman–Crippen LogP) is 3.58. The van der Waals surface area contributed by atoms with E-state index in [2.05, 4.69) is 5.32 Å². The van der Waals surface area contributed by atoms with Crippen molar-refractivity contribution in [1.29, 1.82) is 0 Å². The molecule has 2 aromatic carbocycles. The Labute approximate surface area is 172 Å². The Morgan fingerprint density at radius 2 is 1.83 bits per heavy atom. The fourth-order valence-corrected chi connectivity index (χ4v) is 3.27. The average molecular weight is 401 g/mol. The van der Waals surface area contributed by atoms with Gasteiger partial charge in [-0.25, -0.2) is 9.59 Å². The molecule has 4 rings (SSSR count). The van der Waals surface area contributed by atoms with Gasteiger partial charge in [-0.3, -0.25) is 9.69 Å². The fraction of sp³-hybridized carbons (Fsp3) is 0.0870. The maximum Gasteiger partial charge on any atom is 0.335 e. The molecule has 0 bridgehead atoms. The van der Waals surface area contributed by atoms with Crippen molar-refractivity contribution in [1.82, 2.24) is 14.8 Å². The van der Waals surface area contributed by atoms with Gasteiger partial charge in [0.25, 0.3) is 5.91 Å². The highest BCUT2D eigenvalue weighted by Gasteiger charge is 2.33. The zero-order valence-corrected chi connectivity index (χ0v) is 16.2. The van der Waals surface area contributed by atoms with Crippen LogP contribution in [0, 0.1) is 6.92 Å². The Kier molecular flexibility index (Phi) is 4.93. The van der Waals surface area contributed by atoms with Gasteiger partial charge in [-0.15, -0.1) is 0 Å². The number of benzene rings is 2. The van der Waals surface area contributed by atoms with Crippen LogP contribution in [-0.2, 0) is 11.3 Å². The number of nitrogens with one attached hydrogen (secondary N) is 1. The summed E-state index contributed by atoms with van der Waals surface area (Å²) in [5.74, 6) is -1.43. The highest BCUT2D eigenvalue weighted by Crippen LogP contribution is 2.20. The Morgan fingerprint density at radius 1 is 1.07 bits per heavy atom. The number of hydrogen-bond donors (Lipinski definition) is 2. The van der Waals surface area contributed by atoms with Gasteiger partial charge in [-0.1, -0.05) is 35.9 Å². The summed E-state index contributed by atoms with van der Waals surface area (Å²) >= 11 is 0. The number of aryl methyl sites for hydroxylation is 1. The maximum atomic E-state index is 12.8. The van der Waals surface area contributed by atoms with Gasteiger partial charge in [0.2, 0.25) is 0 Å². The second kappa shape index (κ2) is 7.71. The van der Waals surface area contributed by atoms with Crippen molar-refractivity contribution in [2.45, 2.75) is 13.5 Å². The predicted molar refractivity (Wildman–Crippen MR) is 111 cm³/mol. The van der Waals surface area contributed by atoms with Gasteiger partial charge in [0.1, 0.15) is 5.70 Å². The molecule has 1 aliphatic rings. The molecule has 3 amide bonds. The number of hydrogen-bond acceptors (Lipinski definition) is 3. The molecule has 7 heteroatoms. The standard InChI is InChI=1S/C23H19N3O4/c1-15-7-9-16(10-8-15)14-26-21(27)20(24-23(26)30)13-19-6-3-11-25(19)18-5-2-4-17(12-18)22(28)29/h2-13H,14H2,1H3,(H,24,30)(H,28,29). The van der Waals surface area contributed by atoms with Crippen LogP contribution >= 0.6 is 0 Å².